The van der Waals surface area contributed by atoms with Crippen molar-refractivity contribution in [2.24, 2.45) is 10.4 Å². The van der Waals surface area contributed by atoms with Gasteiger partial charge in [-0.1, -0.05) is 23.9 Å². The first-order valence-corrected chi connectivity index (χ1v) is 12.7. The van der Waals surface area contributed by atoms with Crippen LogP contribution in [0.2, 0.25) is 0 Å². The van der Waals surface area contributed by atoms with Gasteiger partial charge in [-0.25, -0.2) is 4.99 Å². The summed E-state index contributed by atoms with van der Waals surface area (Å²) in [5.74, 6) is 1.20. The number of allylic oxidation sites excluding steroid dienone is 1. The predicted octanol–water partition coefficient (Wildman–Crippen LogP) is 4.88. The van der Waals surface area contributed by atoms with Crippen molar-refractivity contribution in [3.63, 3.8) is 0 Å². The Morgan fingerprint density at radius 2 is 1.91 bits per heavy atom. The van der Waals surface area contributed by atoms with Gasteiger partial charge in [0.1, 0.15) is 0 Å². The number of hydrogen-bond donors (Lipinski definition) is 1. The molecule has 1 aromatic carbocycles. The molecular formula is C24H33ClN4O2S. The maximum Gasteiger partial charge on any atom is 0.254 e. The maximum absolute atomic E-state index is 13.5. The number of anilines is 1. The molecule has 1 unspecified atom stereocenters. The SMILES string of the molecule is CCN(CC)C(=O)C1=C(C)N=C2SCCCN2C1c1ccc(NC(=O)C(C)(C)CCl)cc1. The number of fused-ring (bicyclic) bond motifs is 1. The summed E-state index contributed by atoms with van der Waals surface area (Å²) >= 11 is 7.68. The van der Waals surface area contributed by atoms with Gasteiger partial charge in [0.2, 0.25) is 5.91 Å². The van der Waals surface area contributed by atoms with Gasteiger partial charge in [-0.15, -0.1) is 11.6 Å². The Morgan fingerprint density at radius 1 is 1.25 bits per heavy atom. The molecule has 0 bridgehead atoms. The molecule has 0 aliphatic carbocycles. The standard InChI is InChI=1S/C24H33ClN4O2S/c1-6-28(7-2)21(30)19-16(3)26-23-29(13-8-14-32-23)20(19)17-9-11-18(12-10-17)27-22(31)24(4,5)15-25/h9-12,20H,6-8,13-15H2,1-5H3,(H,27,31). The predicted molar refractivity (Wildman–Crippen MR) is 134 cm³/mol. The van der Waals surface area contributed by atoms with E-state index < -0.39 is 5.41 Å². The van der Waals surface area contributed by atoms with Gasteiger partial charge in [0.15, 0.2) is 5.17 Å². The lowest BCUT2D eigenvalue weighted by Gasteiger charge is -2.41. The number of carbonyl (C=O) groups is 2. The lowest BCUT2D eigenvalue weighted by Crippen LogP contribution is -2.45. The van der Waals surface area contributed by atoms with Crippen molar-refractivity contribution in [2.75, 3.05) is 36.6 Å². The molecule has 2 aliphatic heterocycles. The van der Waals surface area contributed by atoms with Crippen LogP contribution in [0, 0.1) is 5.41 Å². The highest BCUT2D eigenvalue weighted by atomic mass is 35.5. The molecule has 1 atom stereocenters. The van der Waals surface area contributed by atoms with Crippen molar-refractivity contribution in [3.8, 4) is 0 Å². The fourth-order valence-electron chi connectivity index (χ4n) is 3.88. The molecule has 1 aromatic rings. The number of likely N-dealkylation sites (N-methyl/N-ethyl adjacent to an activating group) is 1. The minimum absolute atomic E-state index is 0.0390. The Morgan fingerprint density at radius 3 is 2.50 bits per heavy atom. The molecular weight excluding hydrogens is 444 g/mol. The minimum atomic E-state index is -0.650. The highest BCUT2D eigenvalue weighted by Gasteiger charge is 2.38. The van der Waals surface area contributed by atoms with E-state index in [0.29, 0.717) is 18.8 Å². The van der Waals surface area contributed by atoms with E-state index in [9.17, 15) is 9.59 Å². The number of nitrogens with one attached hydrogen (secondary N) is 1. The van der Waals surface area contributed by atoms with Crippen molar-refractivity contribution in [1.29, 1.82) is 0 Å². The summed E-state index contributed by atoms with van der Waals surface area (Å²) in [4.78, 5) is 34.9. The summed E-state index contributed by atoms with van der Waals surface area (Å²) in [6.07, 6.45) is 1.05. The third-order valence-corrected chi connectivity index (χ3v) is 7.72. The topological polar surface area (TPSA) is 65.0 Å². The number of aliphatic imine (C=N–C) groups is 1. The normalized spacial score (nSPS) is 18.8. The summed E-state index contributed by atoms with van der Waals surface area (Å²) in [7, 11) is 0. The third kappa shape index (κ3) is 4.99. The average Bonchev–Trinajstić information content (AvgIpc) is 2.79. The molecule has 2 heterocycles. The number of carbonyl (C=O) groups excluding carboxylic acids is 2. The second-order valence-electron chi connectivity index (χ2n) is 8.76. The summed E-state index contributed by atoms with van der Waals surface area (Å²) in [5.41, 5.74) is 2.61. The summed E-state index contributed by atoms with van der Waals surface area (Å²) < 4.78 is 0. The zero-order chi connectivity index (χ0) is 23.5. The third-order valence-electron chi connectivity index (χ3n) is 5.97. The summed E-state index contributed by atoms with van der Waals surface area (Å²) in [6, 6.07) is 7.61. The van der Waals surface area contributed by atoms with E-state index >= 15 is 0 Å². The minimum Gasteiger partial charge on any atom is -0.340 e. The van der Waals surface area contributed by atoms with E-state index in [1.165, 1.54) is 0 Å². The monoisotopic (exact) mass is 476 g/mol. The Bertz CT molecular complexity index is 922. The van der Waals surface area contributed by atoms with Crippen LogP contribution in [0.3, 0.4) is 0 Å². The van der Waals surface area contributed by atoms with Crippen molar-refractivity contribution < 1.29 is 9.59 Å². The van der Waals surface area contributed by atoms with Crippen LogP contribution in [0.5, 0.6) is 0 Å². The van der Waals surface area contributed by atoms with Crippen molar-refractivity contribution >= 4 is 46.0 Å². The van der Waals surface area contributed by atoms with Gasteiger partial charge in [0.05, 0.1) is 22.7 Å². The second kappa shape index (κ2) is 10.3. The van der Waals surface area contributed by atoms with E-state index in [1.54, 1.807) is 11.8 Å². The average molecular weight is 477 g/mol. The van der Waals surface area contributed by atoms with E-state index in [4.69, 9.17) is 16.6 Å². The van der Waals surface area contributed by atoms with Crippen molar-refractivity contribution in [1.82, 2.24) is 9.80 Å². The van der Waals surface area contributed by atoms with Gasteiger partial charge in [-0.3, -0.25) is 9.59 Å². The number of alkyl halides is 1. The number of thioether (sulfide) groups is 1. The van der Waals surface area contributed by atoms with Crippen LogP contribution < -0.4 is 5.32 Å². The van der Waals surface area contributed by atoms with Gasteiger partial charge < -0.3 is 15.1 Å². The molecule has 0 aromatic heterocycles. The number of amidine groups is 1. The molecule has 1 fully saturated rings. The molecule has 0 radical (unpaired) electrons. The quantitative estimate of drug-likeness (QED) is 0.569. The number of benzene rings is 1. The zero-order valence-electron chi connectivity index (χ0n) is 19.6. The number of halogens is 1. The smallest absolute Gasteiger partial charge is 0.254 e. The molecule has 1 saturated heterocycles. The summed E-state index contributed by atoms with van der Waals surface area (Å²) in [6.45, 7) is 11.8. The zero-order valence-corrected chi connectivity index (χ0v) is 21.1. The molecule has 32 heavy (non-hydrogen) atoms. The molecule has 6 nitrogen and oxygen atoms in total. The lowest BCUT2D eigenvalue weighted by atomic mass is 9.92. The highest BCUT2D eigenvalue weighted by molar-refractivity contribution is 8.13. The number of rotatable bonds is 7. The maximum atomic E-state index is 13.5. The Balaban J connectivity index is 1.96. The molecule has 8 heteroatoms. The van der Waals surface area contributed by atoms with Gasteiger partial charge in [0.25, 0.3) is 5.91 Å². The Kier molecular flexibility index (Phi) is 7.93. The summed E-state index contributed by atoms with van der Waals surface area (Å²) in [5, 5.41) is 3.93. The van der Waals surface area contributed by atoms with Crippen molar-refractivity contribution in [3.05, 3.63) is 41.1 Å². The molecule has 2 amide bonds. The Labute approximate surface area is 200 Å². The molecule has 1 N–H and O–H groups in total. The van der Waals surface area contributed by atoms with Crippen LogP contribution >= 0.6 is 23.4 Å². The van der Waals surface area contributed by atoms with Crippen LogP contribution in [0.1, 0.15) is 52.6 Å². The molecule has 174 valence electrons. The van der Waals surface area contributed by atoms with Gasteiger partial charge >= 0.3 is 0 Å². The molecule has 0 saturated carbocycles. The largest absolute Gasteiger partial charge is 0.340 e. The van der Waals surface area contributed by atoms with Crippen LogP contribution in [0.4, 0.5) is 5.69 Å². The fourth-order valence-corrected chi connectivity index (χ4v) is 5.02. The van der Waals surface area contributed by atoms with Crippen LogP contribution in [0.25, 0.3) is 0 Å². The molecule has 2 aliphatic rings. The molecule has 0 spiro atoms. The highest BCUT2D eigenvalue weighted by Crippen LogP contribution is 2.40. The first-order valence-electron chi connectivity index (χ1n) is 11.2. The van der Waals surface area contributed by atoms with Gasteiger partial charge in [-0.2, -0.15) is 0 Å². The van der Waals surface area contributed by atoms with Crippen LogP contribution in [0.15, 0.2) is 40.5 Å². The molecule has 3 rings (SSSR count). The Hall–Kier alpha value is -1.99. The lowest BCUT2D eigenvalue weighted by molar-refractivity contribution is -0.127. The van der Waals surface area contributed by atoms with Crippen molar-refractivity contribution in [2.45, 2.75) is 47.1 Å². The number of hydrogen-bond acceptors (Lipinski definition) is 5. The number of nitrogens with zero attached hydrogens (tertiary/aromatic N) is 3. The van der Waals surface area contributed by atoms with Crippen LogP contribution in [-0.4, -0.2) is 58.0 Å². The van der Waals surface area contributed by atoms with E-state index in [1.807, 2.05) is 63.8 Å². The second-order valence-corrected chi connectivity index (χ2v) is 10.1. The first kappa shape index (κ1) is 24.6. The first-order chi connectivity index (χ1) is 15.2. The van der Waals surface area contributed by atoms with Gasteiger partial charge in [0, 0.05) is 37.0 Å². The van der Waals surface area contributed by atoms with E-state index in [0.717, 1.165) is 40.7 Å². The van der Waals surface area contributed by atoms with Crippen LogP contribution in [-0.2, 0) is 9.59 Å². The number of amides is 2. The van der Waals surface area contributed by atoms with E-state index in [2.05, 4.69) is 10.2 Å². The van der Waals surface area contributed by atoms with E-state index in [-0.39, 0.29) is 23.7 Å². The fraction of sp³-hybridized carbons (Fsp3) is 0.542. The van der Waals surface area contributed by atoms with Gasteiger partial charge in [-0.05, 0) is 58.7 Å².